The average Bonchev–Trinajstić information content (AvgIpc) is 2.78. The van der Waals surface area contributed by atoms with Crippen LogP contribution >= 0.6 is 12.2 Å². The van der Waals surface area contributed by atoms with E-state index in [2.05, 4.69) is 10.6 Å². The molecule has 0 saturated carbocycles. The number of anilines is 2. The Morgan fingerprint density at radius 2 is 1.69 bits per heavy atom. The van der Waals surface area contributed by atoms with Crippen LogP contribution in [0, 0.1) is 0 Å². The second-order valence-electron chi connectivity index (χ2n) is 6.84. The lowest BCUT2D eigenvalue weighted by Crippen LogP contribution is -2.38. The number of halogens is 3. The van der Waals surface area contributed by atoms with E-state index in [9.17, 15) is 18.0 Å². The van der Waals surface area contributed by atoms with Crippen LogP contribution in [0.5, 0.6) is 11.5 Å². The molecule has 2 N–H and O–H groups in total. The summed E-state index contributed by atoms with van der Waals surface area (Å²) < 4.78 is 55.4. The molecular formula is C21H22F3N3O4S. The molecule has 2 aromatic rings. The van der Waals surface area contributed by atoms with Gasteiger partial charge in [0.25, 0.3) is 5.91 Å². The van der Waals surface area contributed by atoms with Crippen molar-refractivity contribution in [2.45, 2.75) is 6.18 Å². The monoisotopic (exact) mass is 469 g/mol. The van der Waals surface area contributed by atoms with E-state index >= 15 is 0 Å². The summed E-state index contributed by atoms with van der Waals surface area (Å²) in [5.74, 6) is 0.237. The molecule has 0 aromatic heterocycles. The van der Waals surface area contributed by atoms with Gasteiger partial charge in [-0.2, -0.15) is 13.2 Å². The average molecular weight is 469 g/mol. The van der Waals surface area contributed by atoms with Crippen molar-refractivity contribution in [1.82, 2.24) is 5.32 Å². The van der Waals surface area contributed by atoms with E-state index in [0.29, 0.717) is 43.5 Å². The third-order valence-electron chi connectivity index (χ3n) is 4.76. The van der Waals surface area contributed by atoms with Gasteiger partial charge in [0.2, 0.25) is 0 Å². The molecule has 0 unspecified atom stereocenters. The Morgan fingerprint density at radius 1 is 1.06 bits per heavy atom. The first-order valence-electron chi connectivity index (χ1n) is 9.60. The summed E-state index contributed by atoms with van der Waals surface area (Å²) in [5.41, 5.74) is 0.0441. The summed E-state index contributed by atoms with van der Waals surface area (Å²) >= 11 is 5.20. The molecule has 11 heteroatoms. The van der Waals surface area contributed by atoms with Crippen LogP contribution in [-0.4, -0.2) is 51.5 Å². The molecule has 1 aliphatic heterocycles. The largest absolute Gasteiger partial charge is 0.497 e. The number of alkyl halides is 3. The summed E-state index contributed by atoms with van der Waals surface area (Å²) in [6, 6.07) is 7.95. The number of rotatable bonds is 5. The summed E-state index contributed by atoms with van der Waals surface area (Å²) in [6.07, 6.45) is -4.53. The van der Waals surface area contributed by atoms with E-state index in [4.69, 9.17) is 26.4 Å². The Hall–Kier alpha value is -3.05. The lowest BCUT2D eigenvalue weighted by atomic mass is 10.1. The van der Waals surface area contributed by atoms with Gasteiger partial charge in [0, 0.05) is 24.7 Å². The number of thiocarbonyl (C=S) groups is 1. The van der Waals surface area contributed by atoms with Gasteiger partial charge in [-0.15, -0.1) is 0 Å². The summed E-state index contributed by atoms with van der Waals surface area (Å²) in [7, 11) is 2.90. The van der Waals surface area contributed by atoms with E-state index < -0.39 is 17.6 Å². The van der Waals surface area contributed by atoms with Crippen molar-refractivity contribution in [3.05, 3.63) is 47.5 Å². The molecule has 1 fully saturated rings. The second-order valence-corrected chi connectivity index (χ2v) is 7.25. The van der Waals surface area contributed by atoms with Crippen LogP contribution in [0.25, 0.3) is 0 Å². The van der Waals surface area contributed by atoms with Crippen molar-refractivity contribution in [2.75, 3.05) is 50.7 Å². The second kappa shape index (κ2) is 10.0. The van der Waals surface area contributed by atoms with Crippen LogP contribution in [0.15, 0.2) is 36.4 Å². The fourth-order valence-electron chi connectivity index (χ4n) is 3.16. The van der Waals surface area contributed by atoms with E-state index in [-0.39, 0.29) is 16.4 Å². The highest BCUT2D eigenvalue weighted by atomic mass is 32.1. The van der Waals surface area contributed by atoms with Gasteiger partial charge in [0.05, 0.1) is 44.4 Å². The number of hydrogen-bond donors (Lipinski definition) is 2. The number of ether oxygens (including phenoxy) is 3. The zero-order chi connectivity index (χ0) is 23.3. The molecule has 3 rings (SSSR count). The molecule has 0 radical (unpaired) electrons. The topological polar surface area (TPSA) is 72.1 Å². The number of methoxy groups -OCH3 is 2. The molecule has 7 nitrogen and oxygen atoms in total. The molecule has 1 heterocycles. The Kier molecular flexibility index (Phi) is 7.41. The minimum absolute atomic E-state index is 0.134. The highest BCUT2D eigenvalue weighted by molar-refractivity contribution is 7.80. The van der Waals surface area contributed by atoms with Crippen LogP contribution in [0.3, 0.4) is 0 Å². The number of hydrogen-bond acceptors (Lipinski definition) is 6. The Balaban J connectivity index is 1.82. The van der Waals surface area contributed by atoms with Crippen LogP contribution in [0.2, 0.25) is 0 Å². The third kappa shape index (κ3) is 5.80. The number of amides is 1. The molecule has 0 atom stereocenters. The van der Waals surface area contributed by atoms with Crippen LogP contribution in [0.4, 0.5) is 24.5 Å². The summed E-state index contributed by atoms with van der Waals surface area (Å²) in [6.45, 7) is 1.95. The maximum absolute atomic E-state index is 13.3. The lowest BCUT2D eigenvalue weighted by molar-refractivity contribution is -0.137. The number of carbonyl (C=O) groups excluding carboxylic acids is 1. The first-order chi connectivity index (χ1) is 15.2. The maximum atomic E-state index is 13.3. The predicted octanol–water partition coefficient (Wildman–Crippen LogP) is 3.69. The highest BCUT2D eigenvalue weighted by Crippen LogP contribution is 2.35. The minimum atomic E-state index is -4.53. The van der Waals surface area contributed by atoms with Crippen molar-refractivity contribution in [3.63, 3.8) is 0 Å². The highest BCUT2D eigenvalue weighted by Gasteiger charge is 2.32. The lowest BCUT2D eigenvalue weighted by Gasteiger charge is -2.31. The van der Waals surface area contributed by atoms with Crippen LogP contribution in [0.1, 0.15) is 15.9 Å². The fraction of sp³-hybridized carbons (Fsp3) is 0.333. The van der Waals surface area contributed by atoms with Gasteiger partial charge >= 0.3 is 6.18 Å². The van der Waals surface area contributed by atoms with Crippen molar-refractivity contribution in [1.29, 1.82) is 0 Å². The quantitative estimate of drug-likeness (QED) is 0.648. The van der Waals surface area contributed by atoms with E-state index in [1.165, 1.54) is 32.4 Å². The summed E-state index contributed by atoms with van der Waals surface area (Å²) in [4.78, 5) is 14.5. The Labute approximate surface area is 188 Å². The van der Waals surface area contributed by atoms with Crippen molar-refractivity contribution >= 4 is 34.6 Å². The van der Waals surface area contributed by atoms with Gasteiger partial charge in [-0.1, -0.05) is 0 Å². The number of nitrogens with one attached hydrogen (secondary N) is 2. The van der Waals surface area contributed by atoms with Crippen LogP contribution in [-0.2, 0) is 10.9 Å². The first kappa shape index (κ1) is 23.6. The van der Waals surface area contributed by atoms with E-state index in [1.807, 2.05) is 4.90 Å². The molecule has 32 heavy (non-hydrogen) atoms. The van der Waals surface area contributed by atoms with Crippen molar-refractivity contribution in [2.24, 2.45) is 0 Å². The molecule has 1 amide bonds. The number of carbonyl (C=O) groups is 1. The van der Waals surface area contributed by atoms with Gasteiger partial charge in [0.15, 0.2) is 5.11 Å². The molecule has 0 bridgehead atoms. The van der Waals surface area contributed by atoms with Crippen molar-refractivity contribution < 1.29 is 32.2 Å². The molecular weight excluding hydrogens is 447 g/mol. The molecule has 1 saturated heterocycles. The number of nitrogens with zero attached hydrogens (tertiary/aromatic N) is 1. The minimum Gasteiger partial charge on any atom is -0.497 e. The van der Waals surface area contributed by atoms with E-state index in [0.717, 1.165) is 12.1 Å². The SMILES string of the molecule is COc1cc(OC)cc(C(=O)NC(=S)Nc2cc(C(F)(F)F)ccc2N2CCOCC2)c1. The normalized spacial score (nSPS) is 14.0. The first-order valence-corrected chi connectivity index (χ1v) is 10.0. The number of morpholine rings is 1. The Morgan fingerprint density at radius 3 is 2.25 bits per heavy atom. The zero-order valence-electron chi connectivity index (χ0n) is 17.4. The Bertz CT molecular complexity index is 972. The van der Waals surface area contributed by atoms with Gasteiger partial charge < -0.3 is 24.4 Å². The van der Waals surface area contributed by atoms with E-state index in [1.54, 1.807) is 6.07 Å². The smallest absolute Gasteiger partial charge is 0.416 e. The molecule has 1 aliphatic rings. The fourth-order valence-corrected chi connectivity index (χ4v) is 3.36. The standard InChI is InChI=1S/C21H22F3N3O4S/c1-29-15-9-13(10-16(12-15)30-2)19(28)26-20(32)25-17-11-14(21(22,23)24)3-4-18(17)27-5-7-31-8-6-27/h3-4,9-12H,5-8H2,1-2H3,(H2,25,26,28,32). The molecule has 172 valence electrons. The molecule has 0 spiro atoms. The number of benzene rings is 2. The molecule has 0 aliphatic carbocycles. The predicted molar refractivity (Wildman–Crippen MR) is 118 cm³/mol. The van der Waals surface area contributed by atoms with Crippen LogP contribution < -0.4 is 25.0 Å². The van der Waals surface area contributed by atoms with Gasteiger partial charge in [-0.3, -0.25) is 10.1 Å². The zero-order valence-corrected chi connectivity index (χ0v) is 18.2. The van der Waals surface area contributed by atoms with Crippen molar-refractivity contribution in [3.8, 4) is 11.5 Å². The third-order valence-corrected chi connectivity index (χ3v) is 4.97. The maximum Gasteiger partial charge on any atom is 0.416 e. The van der Waals surface area contributed by atoms with Gasteiger partial charge in [-0.25, -0.2) is 0 Å². The van der Waals surface area contributed by atoms with Gasteiger partial charge in [0.1, 0.15) is 11.5 Å². The van der Waals surface area contributed by atoms with Gasteiger partial charge in [-0.05, 0) is 42.5 Å². The summed E-state index contributed by atoms with van der Waals surface area (Å²) in [5, 5.41) is 5.07. The molecule has 2 aromatic carbocycles.